The van der Waals surface area contributed by atoms with Crippen LogP contribution in [0, 0.1) is 0 Å². The number of anilines is 1. The van der Waals surface area contributed by atoms with Crippen LogP contribution in [0.5, 0.6) is 0 Å². The molecule has 3 rings (SSSR count). The number of aromatic nitrogens is 1. The van der Waals surface area contributed by atoms with Gasteiger partial charge < -0.3 is 11.2 Å². The van der Waals surface area contributed by atoms with Crippen molar-refractivity contribution in [2.45, 2.75) is 0 Å². The molecule has 3 aromatic rings. The first-order valence-corrected chi connectivity index (χ1v) is 5.33. The second-order valence-corrected chi connectivity index (χ2v) is 4.04. The van der Waals surface area contributed by atoms with Crippen LogP contribution in [-0.4, -0.2) is 5.48 Å². The molecule has 0 aliphatic heterocycles. The molecule has 0 radical (unpaired) electrons. The van der Waals surface area contributed by atoms with Gasteiger partial charge in [-0.1, -0.05) is 18.2 Å². The van der Waals surface area contributed by atoms with E-state index in [1.54, 1.807) is 0 Å². The molecule has 0 aliphatic rings. The van der Waals surface area contributed by atoms with Crippen LogP contribution < -0.4 is 10.3 Å². The summed E-state index contributed by atoms with van der Waals surface area (Å²) in [5.41, 5.74) is 9.22. The molecule has 1 heterocycles. The van der Waals surface area contributed by atoms with Crippen molar-refractivity contribution in [3.63, 3.8) is 0 Å². The quantitative estimate of drug-likeness (QED) is 0.363. The second kappa shape index (κ2) is 4.03. The Morgan fingerprint density at radius 2 is 1.65 bits per heavy atom. The largest absolute Gasteiger partial charge is 0.870 e. The van der Waals surface area contributed by atoms with Gasteiger partial charge in [0.25, 0.3) is 0 Å². The summed E-state index contributed by atoms with van der Waals surface area (Å²) in [5.74, 6) is 0. The minimum absolute atomic E-state index is 0. The Hall–Kier alpha value is -2.13. The van der Waals surface area contributed by atoms with Gasteiger partial charge >= 0.3 is 0 Å². The molecule has 0 spiro atoms. The summed E-state index contributed by atoms with van der Waals surface area (Å²) < 4.78 is 2.18. The minimum Gasteiger partial charge on any atom is -0.870 e. The highest BCUT2D eigenvalue weighted by molar-refractivity contribution is 5.95. The number of aryl methyl sites for hydroxylation is 1. The lowest BCUT2D eigenvalue weighted by atomic mass is 10.1. The Kier molecular flexibility index (Phi) is 2.69. The normalized spacial score (nSPS) is 10.4. The maximum absolute atomic E-state index is 6.00. The Morgan fingerprint density at radius 3 is 2.47 bits per heavy atom. The van der Waals surface area contributed by atoms with E-state index in [2.05, 4.69) is 41.9 Å². The zero-order valence-electron chi connectivity index (χ0n) is 9.59. The number of nitrogens with zero attached hydrogens (tertiary/aromatic N) is 1. The van der Waals surface area contributed by atoms with E-state index in [9.17, 15) is 0 Å². The summed E-state index contributed by atoms with van der Waals surface area (Å²) in [4.78, 5) is 0. The molecule has 3 heteroatoms. The average Bonchev–Trinajstić information content (AvgIpc) is 2.31. The van der Waals surface area contributed by atoms with Crippen molar-refractivity contribution in [2.24, 2.45) is 7.05 Å². The number of hydrogen-bond acceptors (Lipinski definition) is 2. The molecular weight excluding hydrogens is 212 g/mol. The Morgan fingerprint density at radius 1 is 0.941 bits per heavy atom. The SMILES string of the molecule is C[n+]1c2ccccc2cc2c(N)cccc21.[OH-]. The summed E-state index contributed by atoms with van der Waals surface area (Å²) in [5, 5.41) is 2.33. The third kappa shape index (κ3) is 1.61. The highest BCUT2D eigenvalue weighted by atomic mass is 16.0. The number of rotatable bonds is 0. The third-order valence-corrected chi connectivity index (χ3v) is 3.08. The molecule has 0 bridgehead atoms. The monoisotopic (exact) mass is 226 g/mol. The molecule has 86 valence electrons. The molecule has 3 nitrogen and oxygen atoms in total. The fourth-order valence-electron chi connectivity index (χ4n) is 2.22. The van der Waals surface area contributed by atoms with E-state index in [4.69, 9.17) is 5.73 Å². The van der Waals surface area contributed by atoms with Crippen molar-refractivity contribution in [3.05, 3.63) is 48.5 Å². The van der Waals surface area contributed by atoms with Gasteiger partial charge in [-0.05, 0) is 18.2 Å². The van der Waals surface area contributed by atoms with Crippen LogP contribution in [0.15, 0.2) is 48.5 Å². The molecule has 0 atom stereocenters. The van der Waals surface area contributed by atoms with Gasteiger partial charge in [-0.2, -0.15) is 4.57 Å². The maximum atomic E-state index is 6.00. The lowest BCUT2D eigenvalue weighted by molar-refractivity contribution is -0.617. The van der Waals surface area contributed by atoms with E-state index in [1.807, 2.05) is 18.2 Å². The van der Waals surface area contributed by atoms with E-state index >= 15 is 0 Å². The fraction of sp³-hybridized carbons (Fsp3) is 0.0714. The first-order chi connectivity index (χ1) is 7.77. The van der Waals surface area contributed by atoms with Crippen molar-refractivity contribution < 1.29 is 10.0 Å². The summed E-state index contributed by atoms with van der Waals surface area (Å²) in [6.07, 6.45) is 0. The predicted molar refractivity (Wildman–Crippen MR) is 69.0 cm³/mol. The molecule has 0 saturated carbocycles. The summed E-state index contributed by atoms with van der Waals surface area (Å²) in [7, 11) is 2.07. The first-order valence-electron chi connectivity index (χ1n) is 5.33. The molecule has 17 heavy (non-hydrogen) atoms. The van der Waals surface area contributed by atoms with Crippen molar-refractivity contribution in [3.8, 4) is 0 Å². The topological polar surface area (TPSA) is 59.9 Å². The van der Waals surface area contributed by atoms with E-state index < -0.39 is 0 Å². The number of nitrogen functional groups attached to an aromatic ring is 1. The van der Waals surface area contributed by atoms with Crippen LogP contribution in [0.25, 0.3) is 21.8 Å². The summed E-state index contributed by atoms with van der Waals surface area (Å²) >= 11 is 0. The van der Waals surface area contributed by atoms with E-state index in [0.717, 1.165) is 11.1 Å². The molecule has 0 fully saturated rings. The number of para-hydroxylation sites is 1. The van der Waals surface area contributed by atoms with E-state index in [1.165, 1.54) is 16.4 Å². The Bertz CT molecular complexity index is 692. The van der Waals surface area contributed by atoms with Crippen molar-refractivity contribution in [1.29, 1.82) is 0 Å². The van der Waals surface area contributed by atoms with Crippen LogP contribution in [0.1, 0.15) is 0 Å². The summed E-state index contributed by atoms with van der Waals surface area (Å²) in [6, 6.07) is 16.5. The van der Waals surface area contributed by atoms with Crippen molar-refractivity contribution >= 4 is 27.5 Å². The lowest BCUT2D eigenvalue weighted by Gasteiger charge is -2.03. The lowest BCUT2D eigenvalue weighted by Crippen LogP contribution is -2.30. The van der Waals surface area contributed by atoms with Crippen molar-refractivity contribution in [1.82, 2.24) is 0 Å². The van der Waals surface area contributed by atoms with Gasteiger partial charge in [-0.15, -0.1) is 0 Å². The van der Waals surface area contributed by atoms with Gasteiger partial charge in [0.05, 0.1) is 5.39 Å². The number of fused-ring (bicyclic) bond motifs is 2. The molecule has 3 N–H and O–H groups in total. The van der Waals surface area contributed by atoms with Crippen LogP contribution in [-0.2, 0) is 7.05 Å². The molecule has 1 aromatic heterocycles. The number of benzene rings is 2. The van der Waals surface area contributed by atoms with Gasteiger partial charge in [-0.25, -0.2) is 0 Å². The number of hydrogen-bond donors (Lipinski definition) is 1. The highest BCUT2D eigenvalue weighted by Gasteiger charge is 2.11. The van der Waals surface area contributed by atoms with E-state index in [0.29, 0.717) is 0 Å². The predicted octanol–water partition coefficient (Wildman–Crippen LogP) is 2.22. The second-order valence-electron chi connectivity index (χ2n) is 4.04. The average molecular weight is 226 g/mol. The number of pyridine rings is 1. The molecule has 0 unspecified atom stereocenters. The molecule has 0 saturated heterocycles. The van der Waals surface area contributed by atoms with Gasteiger partial charge in [-0.3, -0.25) is 0 Å². The minimum atomic E-state index is 0. The first kappa shape index (κ1) is 11.4. The van der Waals surface area contributed by atoms with Crippen molar-refractivity contribution in [2.75, 3.05) is 5.73 Å². The molecule has 2 aromatic carbocycles. The Balaban J connectivity index is 0.00000108. The van der Waals surface area contributed by atoms with Crippen LogP contribution in [0.4, 0.5) is 5.69 Å². The smallest absolute Gasteiger partial charge is 0.214 e. The van der Waals surface area contributed by atoms with Gasteiger partial charge in [0, 0.05) is 23.2 Å². The van der Waals surface area contributed by atoms with Gasteiger partial charge in [0.1, 0.15) is 7.05 Å². The zero-order valence-corrected chi connectivity index (χ0v) is 9.59. The Labute approximate surface area is 99.4 Å². The highest BCUT2D eigenvalue weighted by Crippen LogP contribution is 2.22. The zero-order chi connectivity index (χ0) is 11.1. The molecular formula is C14H14N2O. The van der Waals surface area contributed by atoms with Crippen LogP contribution in [0.3, 0.4) is 0 Å². The van der Waals surface area contributed by atoms with E-state index in [-0.39, 0.29) is 5.48 Å². The van der Waals surface area contributed by atoms with Crippen LogP contribution in [0.2, 0.25) is 0 Å². The number of nitrogens with two attached hydrogens (primary N) is 1. The molecule has 0 amide bonds. The van der Waals surface area contributed by atoms with Gasteiger partial charge in [0.2, 0.25) is 11.0 Å². The maximum Gasteiger partial charge on any atom is 0.214 e. The van der Waals surface area contributed by atoms with Crippen LogP contribution >= 0.6 is 0 Å². The fourth-order valence-corrected chi connectivity index (χ4v) is 2.22. The third-order valence-electron chi connectivity index (χ3n) is 3.08. The van der Waals surface area contributed by atoms with Gasteiger partial charge in [0.15, 0.2) is 0 Å². The summed E-state index contributed by atoms with van der Waals surface area (Å²) in [6.45, 7) is 0. The molecule has 0 aliphatic carbocycles. The standard InChI is InChI=1S/C14H12N2.H2O/c1-16-13-7-3-2-5-10(13)9-11-12(15)6-4-8-14(11)16;/h2-9,15H,1H3;1H2.